The molecule has 1 aromatic heterocycles. The van der Waals surface area contributed by atoms with E-state index in [0.717, 1.165) is 61.6 Å². The van der Waals surface area contributed by atoms with Gasteiger partial charge in [0.1, 0.15) is 5.75 Å². The molecule has 0 aliphatic carbocycles. The van der Waals surface area contributed by atoms with Crippen molar-refractivity contribution in [1.29, 1.82) is 0 Å². The highest BCUT2D eigenvalue weighted by molar-refractivity contribution is 5.80. The van der Waals surface area contributed by atoms with Crippen LogP contribution in [-0.4, -0.2) is 66.2 Å². The van der Waals surface area contributed by atoms with Crippen LogP contribution in [0.15, 0.2) is 30.3 Å². The Labute approximate surface area is 182 Å². The van der Waals surface area contributed by atoms with Crippen molar-refractivity contribution in [3.8, 4) is 17.0 Å². The van der Waals surface area contributed by atoms with Gasteiger partial charge in [0, 0.05) is 51.1 Å². The Bertz CT molecular complexity index is 902. The van der Waals surface area contributed by atoms with E-state index in [1.54, 1.807) is 14.0 Å². The first-order chi connectivity index (χ1) is 15.0. The fourth-order valence-electron chi connectivity index (χ4n) is 4.47. The minimum atomic E-state index is -0.00182. The molecule has 2 saturated heterocycles. The van der Waals surface area contributed by atoms with Crippen LogP contribution < -0.4 is 15.0 Å². The van der Waals surface area contributed by atoms with E-state index < -0.39 is 0 Å². The predicted octanol–water partition coefficient (Wildman–Crippen LogP) is 2.43. The van der Waals surface area contributed by atoms with Crippen molar-refractivity contribution in [2.45, 2.75) is 38.6 Å². The Hall–Kier alpha value is -3.03. The average Bonchev–Trinajstić information content (AvgIpc) is 3.30. The largest absolute Gasteiger partial charge is 0.497 e. The number of hydrogen-bond acceptors (Lipinski definition) is 5. The summed E-state index contributed by atoms with van der Waals surface area (Å²) < 4.78 is 5.22. The Morgan fingerprint density at radius 1 is 1.13 bits per heavy atom. The highest BCUT2D eigenvalue weighted by Crippen LogP contribution is 2.26. The van der Waals surface area contributed by atoms with E-state index in [9.17, 15) is 9.59 Å². The van der Waals surface area contributed by atoms with Crippen LogP contribution in [0.3, 0.4) is 0 Å². The first-order valence-corrected chi connectivity index (χ1v) is 11.0. The fourth-order valence-corrected chi connectivity index (χ4v) is 4.47. The molecule has 166 valence electrons. The lowest BCUT2D eigenvalue weighted by Crippen LogP contribution is -2.50. The molecule has 2 fully saturated rings. The van der Waals surface area contributed by atoms with Crippen LogP contribution in [-0.2, 0) is 9.59 Å². The molecule has 2 N–H and O–H groups in total. The summed E-state index contributed by atoms with van der Waals surface area (Å²) in [4.78, 5) is 28.3. The Kier molecular flexibility index (Phi) is 6.44. The molecule has 1 aromatic carbocycles. The van der Waals surface area contributed by atoms with Crippen LogP contribution in [0, 0.1) is 5.92 Å². The summed E-state index contributed by atoms with van der Waals surface area (Å²) in [6.45, 7) is 4.62. The summed E-state index contributed by atoms with van der Waals surface area (Å²) in [6, 6.07) is 10.1. The molecule has 8 heteroatoms. The number of H-pyrrole nitrogens is 1. The zero-order chi connectivity index (χ0) is 21.8. The van der Waals surface area contributed by atoms with Crippen molar-refractivity contribution in [1.82, 2.24) is 20.4 Å². The summed E-state index contributed by atoms with van der Waals surface area (Å²) in [5, 5.41) is 10.9. The topological polar surface area (TPSA) is 90.6 Å². The molecule has 31 heavy (non-hydrogen) atoms. The molecule has 3 heterocycles. The fraction of sp³-hybridized carbons (Fsp3) is 0.522. The SMILES string of the molecule is COc1ccc(-c2cc(N3CCCC(NC(=O)C4CCN(C(C)=O)CC4)C3)n[nH]2)cc1. The van der Waals surface area contributed by atoms with Crippen molar-refractivity contribution < 1.29 is 14.3 Å². The number of ether oxygens (including phenoxy) is 1. The molecule has 8 nitrogen and oxygen atoms in total. The zero-order valence-electron chi connectivity index (χ0n) is 18.3. The summed E-state index contributed by atoms with van der Waals surface area (Å²) in [6.07, 6.45) is 3.47. The summed E-state index contributed by atoms with van der Waals surface area (Å²) in [7, 11) is 1.66. The van der Waals surface area contributed by atoms with E-state index in [1.807, 2.05) is 29.2 Å². The van der Waals surface area contributed by atoms with Crippen molar-refractivity contribution in [3.63, 3.8) is 0 Å². The number of aromatic nitrogens is 2. The average molecular weight is 426 g/mol. The van der Waals surface area contributed by atoms with E-state index in [4.69, 9.17) is 4.74 Å². The summed E-state index contributed by atoms with van der Waals surface area (Å²) in [5.74, 6) is 1.94. The van der Waals surface area contributed by atoms with Gasteiger partial charge in [-0.15, -0.1) is 0 Å². The smallest absolute Gasteiger partial charge is 0.223 e. The molecule has 1 atom stereocenters. The molecule has 2 amide bonds. The van der Waals surface area contributed by atoms with E-state index in [0.29, 0.717) is 13.1 Å². The van der Waals surface area contributed by atoms with Gasteiger partial charge < -0.3 is 19.9 Å². The van der Waals surface area contributed by atoms with Gasteiger partial charge in [-0.25, -0.2) is 0 Å². The van der Waals surface area contributed by atoms with Gasteiger partial charge >= 0.3 is 0 Å². The number of methoxy groups -OCH3 is 1. The Morgan fingerprint density at radius 3 is 2.55 bits per heavy atom. The first kappa shape index (κ1) is 21.2. The third-order valence-electron chi connectivity index (χ3n) is 6.37. The monoisotopic (exact) mass is 425 g/mol. The van der Waals surface area contributed by atoms with Crippen LogP contribution in [0.5, 0.6) is 5.75 Å². The van der Waals surface area contributed by atoms with Gasteiger partial charge in [-0.3, -0.25) is 14.7 Å². The van der Waals surface area contributed by atoms with E-state index in [2.05, 4.69) is 26.5 Å². The molecule has 2 aromatic rings. The molecular formula is C23H31N5O3. The van der Waals surface area contributed by atoms with Gasteiger partial charge in [-0.2, -0.15) is 5.10 Å². The van der Waals surface area contributed by atoms with Gasteiger partial charge in [0.15, 0.2) is 5.82 Å². The van der Waals surface area contributed by atoms with Crippen LogP contribution in [0.4, 0.5) is 5.82 Å². The van der Waals surface area contributed by atoms with Crippen molar-refractivity contribution in [2.24, 2.45) is 5.92 Å². The van der Waals surface area contributed by atoms with Gasteiger partial charge in [0.05, 0.1) is 12.8 Å². The standard InChI is InChI=1S/C23H31N5O3/c1-16(29)27-12-9-18(10-13-27)23(30)24-19-4-3-11-28(15-19)22-14-21(25-26-22)17-5-7-20(31-2)8-6-17/h5-8,14,18-19H,3-4,9-13,15H2,1-2H3,(H,24,30)(H,25,26). The highest BCUT2D eigenvalue weighted by Gasteiger charge is 2.29. The number of carbonyl (C=O) groups is 2. The second-order valence-corrected chi connectivity index (χ2v) is 8.44. The quantitative estimate of drug-likeness (QED) is 0.768. The molecule has 0 saturated carbocycles. The van der Waals surface area contributed by atoms with Crippen LogP contribution in [0.1, 0.15) is 32.6 Å². The number of carbonyl (C=O) groups excluding carboxylic acids is 2. The predicted molar refractivity (Wildman–Crippen MR) is 119 cm³/mol. The highest BCUT2D eigenvalue weighted by atomic mass is 16.5. The number of hydrogen-bond donors (Lipinski definition) is 2. The van der Waals surface area contributed by atoms with E-state index >= 15 is 0 Å². The van der Waals surface area contributed by atoms with Crippen molar-refractivity contribution >= 4 is 17.6 Å². The zero-order valence-corrected chi connectivity index (χ0v) is 18.3. The number of anilines is 1. The maximum absolute atomic E-state index is 12.8. The molecular weight excluding hydrogens is 394 g/mol. The number of benzene rings is 1. The lowest BCUT2D eigenvalue weighted by Gasteiger charge is -2.35. The molecule has 0 bridgehead atoms. The third kappa shape index (κ3) is 5.00. The number of amides is 2. The molecule has 0 spiro atoms. The van der Waals surface area contributed by atoms with Crippen LogP contribution >= 0.6 is 0 Å². The number of piperidine rings is 2. The second kappa shape index (κ2) is 9.41. The van der Waals surface area contributed by atoms with Crippen molar-refractivity contribution in [3.05, 3.63) is 30.3 Å². The number of likely N-dealkylation sites (tertiary alicyclic amines) is 1. The Morgan fingerprint density at radius 2 is 1.87 bits per heavy atom. The number of rotatable bonds is 5. The molecule has 1 unspecified atom stereocenters. The molecule has 2 aliphatic heterocycles. The molecule has 4 rings (SSSR count). The van der Waals surface area contributed by atoms with Crippen LogP contribution in [0.2, 0.25) is 0 Å². The minimum absolute atomic E-state index is 0.00182. The first-order valence-electron chi connectivity index (χ1n) is 11.0. The van der Waals surface area contributed by atoms with Gasteiger partial charge in [0.2, 0.25) is 11.8 Å². The third-order valence-corrected chi connectivity index (χ3v) is 6.37. The van der Waals surface area contributed by atoms with Gasteiger partial charge in [-0.05, 0) is 55.5 Å². The lowest BCUT2D eigenvalue weighted by molar-refractivity contribution is -0.134. The maximum atomic E-state index is 12.8. The van der Waals surface area contributed by atoms with E-state index in [-0.39, 0.29) is 23.8 Å². The maximum Gasteiger partial charge on any atom is 0.223 e. The molecule has 2 aliphatic rings. The number of aromatic amines is 1. The second-order valence-electron chi connectivity index (χ2n) is 8.44. The summed E-state index contributed by atoms with van der Waals surface area (Å²) >= 11 is 0. The lowest BCUT2D eigenvalue weighted by atomic mass is 9.95. The molecule has 0 radical (unpaired) electrons. The van der Waals surface area contributed by atoms with Gasteiger partial charge in [-0.1, -0.05) is 0 Å². The normalized spacial score (nSPS) is 19.9. The number of nitrogens with one attached hydrogen (secondary N) is 2. The Balaban J connectivity index is 1.33. The van der Waals surface area contributed by atoms with E-state index in [1.165, 1.54) is 0 Å². The van der Waals surface area contributed by atoms with Crippen molar-refractivity contribution in [2.75, 3.05) is 38.2 Å². The van der Waals surface area contributed by atoms with Crippen LogP contribution in [0.25, 0.3) is 11.3 Å². The van der Waals surface area contributed by atoms with Gasteiger partial charge in [0.25, 0.3) is 0 Å². The summed E-state index contributed by atoms with van der Waals surface area (Å²) in [5.41, 5.74) is 2.01. The number of nitrogens with zero attached hydrogens (tertiary/aromatic N) is 3. The minimum Gasteiger partial charge on any atom is -0.497 e.